The van der Waals surface area contributed by atoms with Crippen molar-refractivity contribution in [3.63, 3.8) is 0 Å². The Morgan fingerprint density at radius 3 is 2.64 bits per heavy atom. The van der Waals surface area contributed by atoms with E-state index in [0.29, 0.717) is 5.58 Å². The third-order valence-electron chi connectivity index (χ3n) is 4.65. The van der Waals surface area contributed by atoms with Gasteiger partial charge < -0.3 is 9.32 Å². The molecule has 0 saturated carbocycles. The van der Waals surface area contributed by atoms with Gasteiger partial charge in [0.25, 0.3) is 0 Å². The van der Waals surface area contributed by atoms with Gasteiger partial charge >= 0.3 is 5.63 Å². The molecule has 0 N–H and O–H groups in total. The maximum atomic E-state index is 11.9. The predicted molar refractivity (Wildman–Crippen MR) is 89.3 cm³/mol. The number of fused-ring (bicyclic) bond motifs is 1. The minimum absolute atomic E-state index is 0.252. The van der Waals surface area contributed by atoms with Crippen molar-refractivity contribution in [2.75, 3.05) is 33.2 Å². The number of hydrogen-bond donors (Lipinski definition) is 0. The highest BCUT2D eigenvalue weighted by atomic mass is 16.4. The van der Waals surface area contributed by atoms with Crippen molar-refractivity contribution in [3.8, 4) is 0 Å². The van der Waals surface area contributed by atoms with Gasteiger partial charge in [0.2, 0.25) is 0 Å². The Hall–Kier alpha value is -1.65. The van der Waals surface area contributed by atoms with Crippen LogP contribution < -0.4 is 5.63 Å². The Labute approximate surface area is 131 Å². The maximum absolute atomic E-state index is 11.9. The van der Waals surface area contributed by atoms with Gasteiger partial charge in [-0.1, -0.05) is 0 Å². The van der Waals surface area contributed by atoms with E-state index in [0.717, 1.165) is 49.2 Å². The van der Waals surface area contributed by atoms with Crippen molar-refractivity contribution in [2.24, 2.45) is 0 Å². The van der Waals surface area contributed by atoms with Crippen LogP contribution in [0.2, 0.25) is 0 Å². The summed E-state index contributed by atoms with van der Waals surface area (Å²) in [5.74, 6) is 0. The summed E-state index contributed by atoms with van der Waals surface area (Å²) in [5, 5.41) is 1.07. The lowest BCUT2D eigenvalue weighted by Crippen LogP contribution is -2.28. The molecule has 4 heteroatoms. The fraction of sp³-hybridized carbons (Fsp3) is 0.500. The van der Waals surface area contributed by atoms with Gasteiger partial charge in [-0.25, -0.2) is 4.79 Å². The summed E-state index contributed by atoms with van der Waals surface area (Å²) in [6.45, 7) is 9.32. The van der Waals surface area contributed by atoms with E-state index in [9.17, 15) is 4.79 Å². The number of aryl methyl sites for hydroxylation is 2. The molecule has 3 rings (SSSR count). The average Bonchev–Trinajstić information content (AvgIpc) is 2.66. The Kier molecular flexibility index (Phi) is 4.32. The second kappa shape index (κ2) is 6.23. The van der Waals surface area contributed by atoms with Crippen LogP contribution in [-0.4, -0.2) is 43.0 Å². The molecule has 0 radical (unpaired) electrons. The highest BCUT2D eigenvalue weighted by molar-refractivity contribution is 5.81. The van der Waals surface area contributed by atoms with E-state index < -0.39 is 0 Å². The Morgan fingerprint density at radius 1 is 1.05 bits per heavy atom. The molecule has 2 heterocycles. The standard InChI is InChI=1S/C18H24N2O2/c1-13-9-16-15(11-18(21)22-17(16)10-14(13)2)12-20-6-4-5-19(3)7-8-20/h9-11H,4-8,12H2,1-3H3. The molecule has 0 atom stereocenters. The summed E-state index contributed by atoms with van der Waals surface area (Å²) >= 11 is 0. The molecular formula is C18H24N2O2. The van der Waals surface area contributed by atoms with Crippen LogP contribution >= 0.6 is 0 Å². The van der Waals surface area contributed by atoms with Crippen molar-refractivity contribution in [1.29, 1.82) is 0 Å². The van der Waals surface area contributed by atoms with Gasteiger partial charge in [-0.2, -0.15) is 0 Å². The van der Waals surface area contributed by atoms with Gasteiger partial charge in [-0.05, 0) is 69.2 Å². The third kappa shape index (κ3) is 3.23. The largest absolute Gasteiger partial charge is 0.423 e. The van der Waals surface area contributed by atoms with Crippen LogP contribution in [0.25, 0.3) is 11.0 Å². The molecule has 0 spiro atoms. The van der Waals surface area contributed by atoms with Crippen molar-refractivity contribution in [2.45, 2.75) is 26.8 Å². The summed E-state index contributed by atoms with van der Waals surface area (Å²) in [7, 11) is 2.17. The molecule has 4 nitrogen and oxygen atoms in total. The molecule has 2 aromatic rings. The minimum Gasteiger partial charge on any atom is -0.423 e. The van der Waals surface area contributed by atoms with Crippen molar-refractivity contribution < 1.29 is 4.42 Å². The van der Waals surface area contributed by atoms with Crippen LogP contribution in [0, 0.1) is 13.8 Å². The molecule has 1 aromatic carbocycles. The third-order valence-corrected chi connectivity index (χ3v) is 4.65. The fourth-order valence-electron chi connectivity index (χ4n) is 3.11. The van der Waals surface area contributed by atoms with Gasteiger partial charge in [0.1, 0.15) is 5.58 Å². The van der Waals surface area contributed by atoms with Crippen LogP contribution in [0.15, 0.2) is 27.4 Å². The molecule has 0 aliphatic carbocycles. The van der Waals surface area contributed by atoms with E-state index in [4.69, 9.17) is 4.42 Å². The van der Waals surface area contributed by atoms with E-state index in [1.54, 1.807) is 6.07 Å². The fourth-order valence-corrected chi connectivity index (χ4v) is 3.11. The molecular weight excluding hydrogens is 276 g/mol. The normalized spacial score (nSPS) is 17.8. The molecule has 1 saturated heterocycles. The van der Waals surface area contributed by atoms with E-state index in [-0.39, 0.29) is 5.63 Å². The van der Waals surface area contributed by atoms with E-state index in [1.807, 2.05) is 13.0 Å². The van der Waals surface area contributed by atoms with Crippen molar-refractivity contribution in [3.05, 3.63) is 45.3 Å². The van der Waals surface area contributed by atoms with Crippen LogP contribution in [0.5, 0.6) is 0 Å². The Balaban J connectivity index is 1.95. The second-order valence-electron chi connectivity index (χ2n) is 6.46. The first-order chi connectivity index (χ1) is 10.5. The quantitative estimate of drug-likeness (QED) is 0.799. The lowest BCUT2D eigenvalue weighted by molar-refractivity contribution is 0.269. The number of benzene rings is 1. The molecule has 1 fully saturated rings. The number of hydrogen-bond acceptors (Lipinski definition) is 4. The first kappa shape index (κ1) is 15.3. The second-order valence-corrected chi connectivity index (χ2v) is 6.46. The summed E-state index contributed by atoms with van der Waals surface area (Å²) in [6, 6.07) is 5.78. The number of nitrogens with zero attached hydrogens (tertiary/aromatic N) is 2. The smallest absolute Gasteiger partial charge is 0.336 e. The van der Waals surface area contributed by atoms with Crippen molar-refractivity contribution in [1.82, 2.24) is 9.80 Å². The summed E-state index contributed by atoms with van der Waals surface area (Å²) in [5.41, 5.74) is 3.93. The molecule has 0 unspecified atom stereocenters. The molecule has 0 bridgehead atoms. The summed E-state index contributed by atoms with van der Waals surface area (Å²) in [4.78, 5) is 16.7. The maximum Gasteiger partial charge on any atom is 0.336 e. The Bertz CT molecular complexity index is 736. The van der Waals surface area contributed by atoms with Crippen LogP contribution in [-0.2, 0) is 6.54 Å². The highest BCUT2D eigenvalue weighted by Gasteiger charge is 2.15. The topological polar surface area (TPSA) is 36.7 Å². The van der Waals surface area contributed by atoms with Crippen LogP contribution in [0.3, 0.4) is 0 Å². The van der Waals surface area contributed by atoms with Gasteiger partial charge in [0.15, 0.2) is 0 Å². The zero-order chi connectivity index (χ0) is 15.7. The van der Waals surface area contributed by atoms with Crippen molar-refractivity contribution >= 4 is 11.0 Å². The predicted octanol–water partition coefficient (Wildman–Crippen LogP) is 2.55. The average molecular weight is 300 g/mol. The molecule has 22 heavy (non-hydrogen) atoms. The zero-order valence-corrected chi connectivity index (χ0v) is 13.7. The molecule has 1 aliphatic rings. The van der Waals surface area contributed by atoms with E-state index in [1.165, 1.54) is 12.0 Å². The monoisotopic (exact) mass is 300 g/mol. The van der Waals surface area contributed by atoms with Crippen LogP contribution in [0.4, 0.5) is 0 Å². The molecule has 0 amide bonds. The molecule has 118 valence electrons. The van der Waals surface area contributed by atoms with Gasteiger partial charge in [0, 0.05) is 31.1 Å². The summed E-state index contributed by atoms with van der Waals surface area (Å²) in [6.07, 6.45) is 1.17. The first-order valence-corrected chi connectivity index (χ1v) is 7.98. The van der Waals surface area contributed by atoms with E-state index in [2.05, 4.69) is 29.8 Å². The SMILES string of the molecule is Cc1cc2oc(=O)cc(CN3CCCN(C)CC3)c2cc1C. The van der Waals surface area contributed by atoms with Gasteiger partial charge in [0.05, 0.1) is 0 Å². The highest BCUT2D eigenvalue weighted by Crippen LogP contribution is 2.23. The van der Waals surface area contributed by atoms with Gasteiger partial charge in [-0.3, -0.25) is 4.90 Å². The number of rotatable bonds is 2. The lowest BCUT2D eigenvalue weighted by atomic mass is 10.0. The molecule has 1 aromatic heterocycles. The number of likely N-dealkylation sites (N-methyl/N-ethyl adjacent to an activating group) is 1. The first-order valence-electron chi connectivity index (χ1n) is 7.98. The zero-order valence-electron chi connectivity index (χ0n) is 13.7. The van der Waals surface area contributed by atoms with E-state index >= 15 is 0 Å². The summed E-state index contributed by atoms with van der Waals surface area (Å²) < 4.78 is 5.39. The minimum atomic E-state index is -0.252. The van der Waals surface area contributed by atoms with Gasteiger partial charge in [-0.15, -0.1) is 0 Å². The lowest BCUT2D eigenvalue weighted by Gasteiger charge is -2.20. The molecule has 1 aliphatic heterocycles. The Morgan fingerprint density at radius 2 is 1.82 bits per heavy atom. The van der Waals surface area contributed by atoms with Crippen LogP contribution in [0.1, 0.15) is 23.1 Å².